The second-order valence-corrected chi connectivity index (χ2v) is 2.31. The van der Waals surface area contributed by atoms with Crippen LogP contribution < -0.4 is 5.32 Å². The molecule has 0 saturated carbocycles. The van der Waals surface area contributed by atoms with Crippen molar-refractivity contribution in [1.29, 1.82) is 0 Å². The van der Waals surface area contributed by atoms with Gasteiger partial charge in [-0.15, -0.1) is 0 Å². The van der Waals surface area contributed by atoms with Gasteiger partial charge in [-0.3, -0.25) is 0 Å². The van der Waals surface area contributed by atoms with Gasteiger partial charge in [-0.2, -0.15) is 0 Å². The zero-order valence-corrected chi connectivity index (χ0v) is 6.46. The summed E-state index contributed by atoms with van der Waals surface area (Å²) in [6, 6.07) is 0. The monoisotopic (exact) mass is 139 g/mol. The Morgan fingerprint density at radius 3 is 3.00 bits per heavy atom. The lowest BCUT2D eigenvalue weighted by Crippen LogP contribution is -2.12. The second kappa shape index (κ2) is 3.37. The van der Waals surface area contributed by atoms with Crippen LogP contribution in [0.1, 0.15) is 5.82 Å². The molecule has 0 aliphatic carbocycles. The Balaban J connectivity index is 2.49. The number of hydrogen-bond donors (Lipinski definition) is 1. The fourth-order valence-corrected chi connectivity index (χ4v) is 0.874. The first kappa shape index (κ1) is 7.28. The smallest absolute Gasteiger partial charge is 0.109 e. The standard InChI is InChI=1S/C7H13N3/c1-8-4-3-7-9-5-6-10(7)2/h5-6,8H,3-4H2,1-2H3. The van der Waals surface area contributed by atoms with Crippen LogP contribution in [0.15, 0.2) is 12.4 Å². The van der Waals surface area contributed by atoms with Crippen LogP contribution in [-0.2, 0) is 13.5 Å². The molecule has 0 aromatic carbocycles. The van der Waals surface area contributed by atoms with Crippen molar-refractivity contribution in [2.75, 3.05) is 13.6 Å². The van der Waals surface area contributed by atoms with E-state index >= 15 is 0 Å². The molecular formula is C7H13N3. The topological polar surface area (TPSA) is 29.9 Å². The molecule has 0 bridgehead atoms. The van der Waals surface area contributed by atoms with Crippen molar-refractivity contribution >= 4 is 0 Å². The van der Waals surface area contributed by atoms with E-state index in [1.165, 1.54) is 0 Å². The minimum absolute atomic E-state index is 0.991. The Labute approximate surface area is 61.1 Å². The Kier molecular flexibility index (Phi) is 2.45. The van der Waals surface area contributed by atoms with Crippen LogP contribution in [0.25, 0.3) is 0 Å². The van der Waals surface area contributed by atoms with Gasteiger partial charge in [0.1, 0.15) is 5.82 Å². The van der Waals surface area contributed by atoms with Gasteiger partial charge in [-0.25, -0.2) is 4.98 Å². The number of imidazole rings is 1. The molecule has 0 aliphatic heterocycles. The number of nitrogens with one attached hydrogen (secondary N) is 1. The molecule has 3 nitrogen and oxygen atoms in total. The zero-order valence-electron chi connectivity index (χ0n) is 6.46. The Bertz CT molecular complexity index is 192. The normalized spacial score (nSPS) is 10.2. The summed E-state index contributed by atoms with van der Waals surface area (Å²) >= 11 is 0. The first-order valence-corrected chi connectivity index (χ1v) is 3.45. The van der Waals surface area contributed by atoms with E-state index in [0.29, 0.717) is 0 Å². The molecular weight excluding hydrogens is 126 g/mol. The van der Waals surface area contributed by atoms with Crippen LogP contribution in [0.4, 0.5) is 0 Å². The first-order chi connectivity index (χ1) is 4.84. The third-order valence-corrected chi connectivity index (χ3v) is 1.52. The van der Waals surface area contributed by atoms with Gasteiger partial charge >= 0.3 is 0 Å². The third kappa shape index (κ3) is 1.57. The molecule has 10 heavy (non-hydrogen) atoms. The van der Waals surface area contributed by atoms with E-state index in [1.54, 1.807) is 0 Å². The summed E-state index contributed by atoms with van der Waals surface area (Å²) < 4.78 is 2.04. The summed E-state index contributed by atoms with van der Waals surface area (Å²) in [6.45, 7) is 0.991. The molecule has 1 rings (SSSR count). The van der Waals surface area contributed by atoms with Gasteiger partial charge in [0.2, 0.25) is 0 Å². The summed E-state index contributed by atoms with van der Waals surface area (Å²) in [5, 5.41) is 3.08. The van der Waals surface area contributed by atoms with Crippen molar-refractivity contribution in [2.45, 2.75) is 6.42 Å². The summed E-state index contributed by atoms with van der Waals surface area (Å²) in [5.74, 6) is 1.13. The van der Waals surface area contributed by atoms with Crippen LogP contribution in [0.5, 0.6) is 0 Å². The number of hydrogen-bond acceptors (Lipinski definition) is 2. The lowest BCUT2D eigenvalue weighted by molar-refractivity contribution is 0.718. The van der Waals surface area contributed by atoms with E-state index in [-0.39, 0.29) is 0 Å². The predicted molar refractivity (Wildman–Crippen MR) is 40.8 cm³/mol. The summed E-state index contributed by atoms with van der Waals surface area (Å²) in [7, 11) is 3.96. The molecule has 1 heterocycles. The second-order valence-electron chi connectivity index (χ2n) is 2.31. The van der Waals surface area contributed by atoms with Gasteiger partial charge in [0.15, 0.2) is 0 Å². The largest absolute Gasteiger partial charge is 0.338 e. The van der Waals surface area contributed by atoms with E-state index in [1.807, 2.05) is 31.1 Å². The molecule has 0 atom stereocenters. The van der Waals surface area contributed by atoms with Gasteiger partial charge in [0.25, 0.3) is 0 Å². The highest BCUT2D eigenvalue weighted by Crippen LogP contribution is 1.93. The minimum atomic E-state index is 0.991. The SMILES string of the molecule is CNCCc1nccn1C. The lowest BCUT2D eigenvalue weighted by atomic mass is 10.4. The maximum absolute atomic E-state index is 4.18. The van der Waals surface area contributed by atoms with E-state index in [0.717, 1.165) is 18.8 Å². The molecule has 56 valence electrons. The highest BCUT2D eigenvalue weighted by molar-refractivity contribution is 4.91. The van der Waals surface area contributed by atoms with Crippen molar-refractivity contribution < 1.29 is 0 Å². The molecule has 0 saturated heterocycles. The predicted octanol–water partition coefficient (Wildman–Crippen LogP) is 0.182. The van der Waals surface area contributed by atoms with Crippen LogP contribution in [0, 0.1) is 0 Å². The molecule has 0 unspecified atom stereocenters. The van der Waals surface area contributed by atoms with E-state index in [4.69, 9.17) is 0 Å². The van der Waals surface area contributed by atoms with E-state index in [9.17, 15) is 0 Å². The van der Waals surface area contributed by atoms with E-state index in [2.05, 4.69) is 10.3 Å². The molecule has 0 fully saturated rings. The van der Waals surface area contributed by atoms with Gasteiger partial charge in [-0.05, 0) is 7.05 Å². The lowest BCUT2D eigenvalue weighted by Gasteiger charge is -1.99. The highest BCUT2D eigenvalue weighted by Gasteiger charge is 1.95. The van der Waals surface area contributed by atoms with Gasteiger partial charge < -0.3 is 9.88 Å². The Hall–Kier alpha value is -0.830. The van der Waals surface area contributed by atoms with Gasteiger partial charge in [-0.1, -0.05) is 0 Å². The quantitative estimate of drug-likeness (QED) is 0.647. The van der Waals surface area contributed by atoms with Crippen molar-refractivity contribution in [3.05, 3.63) is 18.2 Å². The minimum Gasteiger partial charge on any atom is -0.338 e. The Morgan fingerprint density at radius 2 is 2.50 bits per heavy atom. The Morgan fingerprint density at radius 1 is 1.70 bits per heavy atom. The molecule has 1 aromatic rings. The van der Waals surface area contributed by atoms with Gasteiger partial charge in [0.05, 0.1) is 0 Å². The van der Waals surface area contributed by atoms with Crippen molar-refractivity contribution in [3.63, 3.8) is 0 Å². The maximum atomic E-state index is 4.18. The van der Waals surface area contributed by atoms with Crippen LogP contribution in [0.3, 0.4) is 0 Å². The number of nitrogens with zero attached hydrogens (tertiary/aromatic N) is 2. The molecule has 3 heteroatoms. The van der Waals surface area contributed by atoms with Crippen LogP contribution in [0.2, 0.25) is 0 Å². The van der Waals surface area contributed by atoms with Crippen molar-refractivity contribution in [3.8, 4) is 0 Å². The molecule has 0 amide bonds. The molecule has 0 spiro atoms. The summed E-state index contributed by atoms with van der Waals surface area (Å²) in [5.41, 5.74) is 0. The molecule has 0 aliphatic rings. The first-order valence-electron chi connectivity index (χ1n) is 3.45. The van der Waals surface area contributed by atoms with Crippen LogP contribution in [-0.4, -0.2) is 23.1 Å². The summed E-state index contributed by atoms with van der Waals surface area (Å²) in [6.07, 6.45) is 4.79. The van der Waals surface area contributed by atoms with Crippen molar-refractivity contribution in [2.24, 2.45) is 7.05 Å². The van der Waals surface area contributed by atoms with E-state index < -0.39 is 0 Å². The summed E-state index contributed by atoms with van der Waals surface area (Å²) in [4.78, 5) is 4.18. The fraction of sp³-hybridized carbons (Fsp3) is 0.571. The zero-order chi connectivity index (χ0) is 7.40. The highest BCUT2D eigenvalue weighted by atomic mass is 15.0. The molecule has 1 aromatic heterocycles. The van der Waals surface area contributed by atoms with Crippen molar-refractivity contribution in [1.82, 2.24) is 14.9 Å². The number of aromatic nitrogens is 2. The average Bonchev–Trinajstić information content (AvgIpc) is 2.31. The van der Waals surface area contributed by atoms with Crippen LogP contribution >= 0.6 is 0 Å². The van der Waals surface area contributed by atoms with Gasteiger partial charge in [0, 0.05) is 32.4 Å². The number of aryl methyl sites for hydroxylation is 1. The molecule has 0 radical (unpaired) electrons. The maximum Gasteiger partial charge on any atom is 0.109 e. The molecule has 1 N–H and O–H groups in total. The average molecular weight is 139 g/mol. The fourth-order valence-electron chi connectivity index (χ4n) is 0.874. The number of rotatable bonds is 3. The third-order valence-electron chi connectivity index (χ3n) is 1.52. The number of likely N-dealkylation sites (N-methyl/N-ethyl adjacent to an activating group) is 1.